The van der Waals surface area contributed by atoms with Crippen LogP contribution < -0.4 is 0 Å². The number of carbonyl (C=O) groups excluding carboxylic acids is 2. The van der Waals surface area contributed by atoms with Crippen LogP contribution in [0.1, 0.15) is 46.5 Å². The van der Waals surface area contributed by atoms with Crippen molar-refractivity contribution in [2.24, 2.45) is 11.8 Å². The van der Waals surface area contributed by atoms with E-state index in [4.69, 9.17) is 4.74 Å². The molecule has 2 fully saturated rings. The molecule has 0 saturated carbocycles. The Morgan fingerprint density at radius 1 is 1.09 bits per heavy atom. The molecule has 2 aliphatic rings. The number of nitrogens with zero attached hydrogens (tertiary/aromatic N) is 2. The molecule has 1 atom stereocenters. The summed E-state index contributed by atoms with van der Waals surface area (Å²) in [7, 11) is 0. The van der Waals surface area contributed by atoms with Gasteiger partial charge in [-0.05, 0) is 58.5 Å². The first-order valence-corrected chi connectivity index (χ1v) is 8.72. The Morgan fingerprint density at radius 3 is 2.23 bits per heavy atom. The molecule has 1 unspecified atom stereocenters. The van der Waals surface area contributed by atoms with Crippen molar-refractivity contribution in [3.63, 3.8) is 0 Å². The van der Waals surface area contributed by atoms with Crippen molar-refractivity contribution < 1.29 is 14.3 Å². The number of hydrogen-bond donors (Lipinski definition) is 0. The molecular formula is C17H30N2O3. The number of carbonyl (C=O) groups is 2. The second-order valence-electron chi connectivity index (χ2n) is 6.75. The number of hydrogen-bond acceptors (Lipinski definition) is 4. The van der Waals surface area contributed by atoms with Gasteiger partial charge in [-0.1, -0.05) is 6.92 Å². The van der Waals surface area contributed by atoms with Crippen LogP contribution in [0.15, 0.2) is 0 Å². The van der Waals surface area contributed by atoms with Crippen molar-refractivity contribution in [2.45, 2.75) is 52.5 Å². The monoisotopic (exact) mass is 310 g/mol. The van der Waals surface area contributed by atoms with Crippen molar-refractivity contribution in [3.05, 3.63) is 0 Å². The molecule has 0 aromatic heterocycles. The van der Waals surface area contributed by atoms with Crippen molar-refractivity contribution >= 4 is 11.9 Å². The molecular weight excluding hydrogens is 280 g/mol. The standard InChI is InChI=1S/C17H30N2O3/c1-4-22-17(21)15-7-11-18(12-8-15)14(3)16(20)19-9-5-13(2)6-10-19/h13-15H,4-12H2,1-3H3. The summed E-state index contributed by atoms with van der Waals surface area (Å²) < 4.78 is 5.10. The SMILES string of the molecule is CCOC(=O)C1CCN(C(C)C(=O)N2CCC(C)CC2)CC1. The molecule has 1 amide bonds. The van der Waals surface area contributed by atoms with E-state index < -0.39 is 0 Å². The van der Waals surface area contributed by atoms with E-state index in [2.05, 4.69) is 11.8 Å². The highest BCUT2D eigenvalue weighted by Gasteiger charge is 2.32. The van der Waals surface area contributed by atoms with Crippen LogP contribution in [0.5, 0.6) is 0 Å². The summed E-state index contributed by atoms with van der Waals surface area (Å²) in [5.41, 5.74) is 0. The molecule has 0 N–H and O–H groups in total. The maximum absolute atomic E-state index is 12.6. The summed E-state index contributed by atoms with van der Waals surface area (Å²) in [5.74, 6) is 0.918. The maximum atomic E-state index is 12.6. The molecule has 2 saturated heterocycles. The smallest absolute Gasteiger partial charge is 0.309 e. The molecule has 22 heavy (non-hydrogen) atoms. The van der Waals surface area contributed by atoms with Gasteiger partial charge in [-0.15, -0.1) is 0 Å². The molecule has 5 nitrogen and oxygen atoms in total. The van der Waals surface area contributed by atoms with E-state index in [0.29, 0.717) is 6.61 Å². The van der Waals surface area contributed by atoms with Gasteiger partial charge in [0.2, 0.25) is 5.91 Å². The Labute approximate surface area is 134 Å². The Kier molecular flexibility index (Phi) is 6.24. The zero-order valence-corrected chi connectivity index (χ0v) is 14.2. The molecule has 0 bridgehead atoms. The van der Waals surface area contributed by atoms with Crippen LogP contribution in [0.2, 0.25) is 0 Å². The van der Waals surface area contributed by atoms with Crippen LogP contribution in [0.4, 0.5) is 0 Å². The average molecular weight is 310 g/mol. The lowest BCUT2D eigenvalue weighted by atomic mass is 9.95. The van der Waals surface area contributed by atoms with Crippen molar-refractivity contribution in [3.8, 4) is 0 Å². The minimum Gasteiger partial charge on any atom is -0.466 e. The molecule has 5 heteroatoms. The molecule has 2 rings (SSSR count). The molecule has 0 aromatic carbocycles. The summed E-state index contributed by atoms with van der Waals surface area (Å²) in [4.78, 5) is 28.6. The number of esters is 1. The van der Waals surface area contributed by atoms with E-state index in [0.717, 1.165) is 57.8 Å². The second-order valence-corrected chi connectivity index (χ2v) is 6.75. The van der Waals surface area contributed by atoms with Crippen LogP contribution >= 0.6 is 0 Å². The molecule has 2 aliphatic heterocycles. The van der Waals surface area contributed by atoms with Gasteiger partial charge in [0.15, 0.2) is 0 Å². The van der Waals surface area contributed by atoms with Gasteiger partial charge in [-0.2, -0.15) is 0 Å². The third kappa shape index (κ3) is 4.22. The quantitative estimate of drug-likeness (QED) is 0.744. The number of piperidine rings is 2. The fourth-order valence-corrected chi connectivity index (χ4v) is 3.43. The van der Waals surface area contributed by atoms with Crippen molar-refractivity contribution in [2.75, 3.05) is 32.8 Å². The topological polar surface area (TPSA) is 49.9 Å². The molecule has 126 valence electrons. The van der Waals surface area contributed by atoms with Crippen LogP contribution in [0.3, 0.4) is 0 Å². The van der Waals surface area contributed by atoms with Crippen molar-refractivity contribution in [1.82, 2.24) is 9.80 Å². The second kappa shape index (κ2) is 7.95. The highest BCUT2D eigenvalue weighted by molar-refractivity contribution is 5.81. The van der Waals surface area contributed by atoms with Gasteiger partial charge >= 0.3 is 5.97 Å². The average Bonchev–Trinajstić information content (AvgIpc) is 2.54. The number of ether oxygens (including phenoxy) is 1. The first-order chi connectivity index (χ1) is 10.5. The van der Waals surface area contributed by atoms with Gasteiger partial charge < -0.3 is 9.64 Å². The van der Waals surface area contributed by atoms with Gasteiger partial charge in [0.25, 0.3) is 0 Å². The summed E-state index contributed by atoms with van der Waals surface area (Å²) >= 11 is 0. The number of rotatable bonds is 4. The largest absolute Gasteiger partial charge is 0.466 e. The van der Waals surface area contributed by atoms with E-state index in [1.54, 1.807) is 0 Å². The third-order valence-electron chi connectivity index (χ3n) is 5.15. The van der Waals surface area contributed by atoms with Crippen molar-refractivity contribution in [1.29, 1.82) is 0 Å². The van der Waals surface area contributed by atoms with E-state index in [9.17, 15) is 9.59 Å². The first-order valence-electron chi connectivity index (χ1n) is 8.72. The Hall–Kier alpha value is -1.10. The minimum atomic E-state index is -0.0776. The summed E-state index contributed by atoms with van der Waals surface area (Å²) in [6.07, 6.45) is 3.83. The zero-order valence-electron chi connectivity index (χ0n) is 14.2. The zero-order chi connectivity index (χ0) is 16.1. The molecule has 0 radical (unpaired) electrons. The highest BCUT2D eigenvalue weighted by Crippen LogP contribution is 2.22. The van der Waals surface area contributed by atoms with E-state index in [1.165, 1.54) is 0 Å². The predicted molar refractivity (Wildman–Crippen MR) is 85.4 cm³/mol. The fraction of sp³-hybridized carbons (Fsp3) is 0.882. The normalized spacial score (nSPS) is 23.3. The van der Waals surface area contributed by atoms with Gasteiger partial charge in [0.05, 0.1) is 18.6 Å². The van der Waals surface area contributed by atoms with E-state index >= 15 is 0 Å². The predicted octanol–water partition coefficient (Wildman–Crippen LogP) is 1.91. The lowest BCUT2D eigenvalue weighted by molar-refractivity contribution is -0.150. The molecule has 0 aromatic rings. The maximum Gasteiger partial charge on any atom is 0.309 e. The molecule has 0 spiro atoms. The van der Waals surface area contributed by atoms with Crippen LogP contribution in [0.25, 0.3) is 0 Å². The highest BCUT2D eigenvalue weighted by atomic mass is 16.5. The Bertz CT molecular complexity index is 383. The van der Waals surface area contributed by atoms with E-state index in [-0.39, 0.29) is 23.8 Å². The van der Waals surface area contributed by atoms with Gasteiger partial charge in [-0.3, -0.25) is 14.5 Å². The lowest BCUT2D eigenvalue weighted by Gasteiger charge is -2.38. The Balaban J connectivity index is 1.80. The molecule has 2 heterocycles. The van der Waals surface area contributed by atoms with Crippen LogP contribution in [-0.4, -0.2) is 60.5 Å². The Morgan fingerprint density at radius 2 is 1.68 bits per heavy atom. The van der Waals surface area contributed by atoms with Crippen LogP contribution in [-0.2, 0) is 14.3 Å². The first kappa shape index (κ1) is 17.3. The molecule has 0 aliphatic carbocycles. The summed E-state index contributed by atoms with van der Waals surface area (Å²) in [6, 6.07) is -0.0726. The lowest BCUT2D eigenvalue weighted by Crippen LogP contribution is -2.51. The fourth-order valence-electron chi connectivity index (χ4n) is 3.43. The number of amides is 1. The third-order valence-corrected chi connectivity index (χ3v) is 5.15. The van der Waals surface area contributed by atoms with Crippen LogP contribution in [0, 0.1) is 11.8 Å². The van der Waals surface area contributed by atoms with Gasteiger partial charge in [0, 0.05) is 13.1 Å². The van der Waals surface area contributed by atoms with E-state index in [1.807, 2.05) is 18.7 Å². The van der Waals surface area contributed by atoms with Gasteiger partial charge in [-0.25, -0.2) is 0 Å². The summed E-state index contributed by atoms with van der Waals surface area (Å²) in [6.45, 7) is 9.94. The van der Waals surface area contributed by atoms with Gasteiger partial charge in [0.1, 0.15) is 0 Å². The number of likely N-dealkylation sites (tertiary alicyclic amines) is 2. The minimum absolute atomic E-state index is 0.00865. The summed E-state index contributed by atoms with van der Waals surface area (Å²) in [5, 5.41) is 0.